The Balaban J connectivity index is 2.40. The highest BCUT2D eigenvalue weighted by Crippen LogP contribution is 2.28. The number of nitrogens with one attached hydrogen (secondary N) is 1. The zero-order chi connectivity index (χ0) is 17.6. The first-order valence-corrected chi connectivity index (χ1v) is 7.38. The van der Waals surface area contributed by atoms with E-state index >= 15 is 0 Å². The lowest BCUT2D eigenvalue weighted by molar-refractivity contribution is 0.0965. The number of hydrogen-bond acceptors (Lipinski definition) is 4. The fourth-order valence-electron chi connectivity index (χ4n) is 3.08. The van der Waals surface area contributed by atoms with E-state index in [1.807, 2.05) is 0 Å². The van der Waals surface area contributed by atoms with Crippen molar-refractivity contribution in [1.82, 2.24) is 9.55 Å². The molecule has 0 saturated heterocycles. The van der Waals surface area contributed by atoms with Crippen LogP contribution in [-0.4, -0.2) is 21.1 Å². The molecule has 6 heteroatoms. The van der Waals surface area contributed by atoms with Crippen molar-refractivity contribution in [1.29, 1.82) is 0 Å². The van der Waals surface area contributed by atoms with Crippen LogP contribution >= 0.6 is 0 Å². The van der Waals surface area contributed by atoms with Crippen LogP contribution in [0.2, 0.25) is 0 Å². The van der Waals surface area contributed by atoms with Crippen LogP contribution < -0.4 is 11.1 Å². The van der Waals surface area contributed by atoms with Crippen molar-refractivity contribution in [2.75, 3.05) is 0 Å². The van der Waals surface area contributed by atoms with Crippen LogP contribution in [0.1, 0.15) is 49.7 Å². The molecule has 0 bridgehead atoms. The molecule has 1 N–H and O–H groups in total. The average molecular weight is 322 g/mol. The molecule has 0 radical (unpaired) electrons. The van der Waals surface area contributed by atoms with E-state index in [0.717, 1.165) is 0 Å². The maximum absolute atomic E-state index is 12.9. The predicted molar refractivity (Wildman–Crippen MR) is 87.6 cm³/mol. The van der Waals surface area contributed by atoms with E-state index in [2.05, 4.69) is 10.9 Å². The summed E-state index contributed by atoms with van der Waals surface area (Å²) in [6, 6.07) is 2.60. The number of hydrogen-bond donors (Lipinski definition) is 1. The highest BCUT2D eigenvalue weighted by molar-refractivity contribution is 6.27. The Morgan fingerprint density at radius 3 is 2.38 bits per heavy atom. The first-order chi connectivity index (χ1) is 11.4. The topological polar surface area (TPSA) is 89.0 Å². The van der Waals surface area contributed by atoms with Crippen molar-refractivity contribution < 1.29 is 9.59 Å². The van der Waals surface area contributed by atoms with E-state index in [9.17, 15) is 19.2 Å². The number of terminal acetylenes is 1. The molecule has 0 fully saturated rings. The third-order valence-corrected chi connectivity index (χ3v) is 4.12. The van der Waals surface area contributed by atoms with Crippen molar-refractivity contribution in [3.63, 3.8) is 0 Å². The first kappa shape index (κ1) is 15.7. The summed E-state index contributed by atoms with van der Waals surface area (Å²) in [5, 5.41) is 0. The minimum atomic E-state index is -0.543. The standard InChI is InChI=1S/C18H14N2O4/c1-4-5-6-20-12(22)8-10(3)14-16(20)18(24)15-13(17(14)23)9(2)7-11(21)19-15/h1,7-8H,5-6H2,2-3H3,(H,19,21). The second kappa shape index (κ2) is 5.46. The lowest BCUT2D eigenvalue weighted by Crippen LogP contribution is -2.35. The minimum absolute atomic E-state index is 0.00556. The Bertz CT molecular complexity index is 1060. The number of rotatable bonds is 2. The van der Waals surface area contributed by atoms with E-state index in [0.29, 0.717) is 11.1 Å². The van der Waals surface area contributed by atoms with Gasteiger partial charge in [0.15, 0.2) is 5.78 Å². The van der Waals surface area contributed by atoms with Crippen LogP contribution in [0.25, 0.3) is 0 Å². The second-order valence-corrected chi connectivity index (χ2v) is 5.72. The van der Waals surface area contributed by atoms with E-state index in [4.69, 9.17) is 6.42 Å². The van der Waals surface area contributed by atoms with E-state index < -0.39 is 16.9 Å². The lowest BCUT2D eigenvalue weighted by atomic mass is 9.85. The van der Waals surface area contributed by atoms with Crippen molar-refractivity contribution >= 4 is 11.6 Å². The molecule has 24 heavy (non-hydrogen) atoms. The van der Waals surface area contributed by atoms with E-state index in [-0.39, 0.29) is 41.3 Å². The van der Waals surface area contributed by atoms with Gasteiger partial charge in [-0.15, -0.1) is 12.3 Å². The molecule has 1 aliphatic carbocycles. The number of aryl methyl sites for hydroxylation is 2. The zero-order valence-corrected chi connectivity index (χ0v) is 13.2. The van der Waals surface area contributed by atoms with Gasteiger partial charge in [-0.2, -0.15) is 0 Å². The molecule has 0 saturated carbocycles. The van der Waals surface area contributed by atoms with Gasteiger partial charge in [-0.25, -0.2) is 0 Å². The summed E-state index contributed by atoms with van der Waals surface area (Å²) in [6.45, 7) is 3.35. The molecule has 0 spiro atoms. The Morgan fingerprint density at radius 1 is 1.04 bits per heavy atom. The smallest absolute Gasteiger partial charge is 0.251 e. The summed E-state index contributed by atoms with van der Waals surface area (Å²) in [5.74, 6) is 1.50. The van der Waals surface area contributed by atoms with Gasteiger partial charge in [-0.05, 0) is 25.0 Å². The molecule has 2 aromatic rings. The van der Waals surface area contributed by atoms with Crippen molar-refractivity contribution in [2.24, 2.45) is 0 Å². The Kier molecular flexibility index (Phi) is 3.57. The predicted octanol–water partition coefficient (Wildman–Crippen LogP) is 0.952. The molecule has 6 nitrogen and oxygen atoms in total. The molecular weight excluding hydrogens is 308 g/mol. The molecule has 0 aliphatic heterocycles. The number of ketones is 2. The molecule has 2 aromatic heterocycles. The number of carbonyl (C=O) groups excluding carboxylic acids is 2. The van der Waals surface area contributed by atoms with Gasteiger partial charge < -0.3 is 9.55 Å². The van der Waals surface area contributed by atoms with Crippen molar-refractivity contribution in [2.45, 2.75) is 26.8 Å². The van der Waals surface area contributed by atoms with Crippen LogP contribution in [0.4, 0.5) is 0 Å². The molecule has 120 valence electrons. The van der Waals surface area contributed by atoms with Crippen molar-refractivity contribution in [3.8, 4) is 12.3 Å². The Hall–Kier alpha value is -3.20. The van der Waals surface area contributed by atoms with Gasteiger partial charge >= 0.3 is 0 Å². The second-order valence-electron chi connectivity index (χ2n) is 5.72. The number of pyridine rings is 2. The number of carbonyl (C=O) groups is 2. The summed E-state index contributed by atoms with van der Waals surface area (Å²) < 4.78 is 1.21. The SMILES string of the molecule is C#CCCn1c2c(c(C)cc1=O)C(=O)c1c(C)cc(=O)[nH]c1C2=O. The lowest BCUT2D eigenvalue weighted by Gasteiger charge is -2.23. The van der Waals surface area contributed by atoms with Crippen LogP contribution in [0.5, 0.6) is 0 Å². The van der Waals surface area contributed by atoms with Crippen LogP contribution in [0.15, 0.2) is 21.7 Å². The van der Waals surface area contributed by atoms with E-state index in [1.54, 1.807) is 13.8 Å². The third-order valence-electron chi connectivity index (χ3n) is 4.12. The number of aromatic nitrogens is 2. The summed E-state index contributed by atoms with van der Waals surface area (Å²) in [4.78, 5) is 52.2. The number of nitrogens with zero attached hydrogens (tertiary/aromatic N) is 1. The van der Waals surface area contributed by atoms with Gasteiger partial charge in [0, 0.05) is 25.1 Å². The summed E-state index contributed by atoms with van der Waals surface area (Å²) in [7, 11) is 0. The number of H-pyrrole nitrogens is 1. The Morgan fingerprint density at radius 2 is 1.71 bits per heavy atom. The van der Waals surface area contributed by atoms with Crippen LogP contribution in [0, 0.1) is 26.2 Å². The molecule has 0 aromatic carbocycles. The highest BCUT2D eigenvalue weighted by Gasteiger charge is 2.35. The number of aromatic amines is 1. The monoisotopic (exact) mass is 322 g/mol. The zero-order valence-electron chi connectivity index (χ0n) is 13.2. The molecule has 1 aliphatic rings. The van der Waals surface area contributed by atoms with Gasteiger partial charge in [0.25, 0.3) is 5.56 Å². The van der Waals surface area contributed by atoms with Crippen LogP contribution in [0.3, 0.4) is 0 Å². The average Bonchev–Trinajstić information content (AvgIpc) is 2.50. The molecule has 2 heterocycles. The quantitative estimate of drug-likeness (QED) is 0.712. The molecule has 0 unspecified atom stereocenters. The molecule has 3 rings (SSSR count). The summed E-state index contributed by atoms with van der Waals surface area (Å²) in [5.41, 5.74) is 0.282. The highest BCUT2D eigenvalue weighted by atomic mass is 16.2. The van der Waals surface area contributed by atoms with Gasteiger partial charge in [0.1, 0.15) is 11.4 Å². The van der Waals surface area contributed by atoms with Gasteiger partial charge in [-0.1, -0.05) is 0 Å². The normalized spacial score (nSPS) is 12.5. The summed E-state index contributed by atoms with van der Waals surface area (Å²) >= 11 is 0. The van der Waals surface area contributed by atoms with Gasteiger partial charge in [-0.3, -0.25) is 19.2 Å². The Labute approximate surface area is 137 Å². The van der Waals surface area contributed by atoms with Crippen molar-refractivity contribution in [3.05, 3.63) is 66.5 Å². The molecule has 0 amide bonds. The fourth-order valence-corrected chi connectivity index (χ4v) is 3.08. The molecule has 0 atom stereocenters. The third kappa shape index (κ3) is 2.14. The first-order valence-electron chi connectivity index (χ1n) is 7.38. The largest absolute Gasteiger partial charge is 0.318 e. The van der Waals surface area contributed by atoms with E-state index in [1.165, 1.54) is 16.7 Å². The maximum atomic E-state index is 12.9. The minimum Gasteiger partial charge on any atom is -0.318 e. The maximum Gasteiger partial charge on any atom is 0.251 e. The van der Waals surface area contributed by atoms with Gasteiger partial charge in [0.05, 0.1) is 11.1 Å². The number of fused-ring (bicyclic) bond motifs is 2. The fraction of sp³-hybridized carbons (Fsp3) is 0.222. The van der Waals surface area contributed by atoms with Crippen LogP contribution in [-0.2, 0) is 6.54 Å². The summed E-state index contributed by atoms with van der Waals surface area (Å²) in [6.07, 6.45) is 5.49. The van der Waals surface area contributed by atoms with Gasteiger partial charge in [0.2, 0.25) is 11.3 Å². The molecular formula is C18H14N2O4.